The summed E-state index contributed by atoms with van der Waals surface area (Å²) in [5.41, 5.74) is 0.445. The van der Waals surface area contributed by atoms with Crippen molar-refractivity contribution in [3.63, 3.8) is 0 Å². The fourth-order valence-electron chi connectivity index (χ4n) is 3.54. The summed E-state index contributed by atoms with van der Waals surface area (Å²) in [6, 6.07) is 1.65. The number of halogens is 1. The zero-order valence-corrected chi connectivity index (χ0v) is 13.1. The highest BCUT2D eigenvalue weighted by Gasteiger charge is 2.40. The zero-order valence-electron chi connectivity index (χ0n) is 11.5. The molecule has 0 aromatic carbocycles. The third kappa shape index (κ3) is 2.79. The van der Waals surface area contributed by atoms with Crippen molar-refractivity contribution in [3.05, 3.63) is 22.4 Å². The lowest BCUT2D eigenvalue weighted by Gasteiger charge is -2.33. The molecule has 20 heavy (non-hydrogen) atoms. The number of carbonyl (C=O) groups is 1. The van der Waals surface area contributed by atoms with Crippen LogP contribution in [-0.2, 0) is 11.3 Å². The molecule has 0 bridgehead atoms. The van der Waals surface area contributed by atoms with Crippen molar-refractivity contribution in [2.24, 2.45) is 0 Å². The first-order valence-electron chi connectivity index (χ1n) is 7.35. The van der Waals surface area contributed by atoms with Gasteiger partial charge in [-0.3, -0.25) is 0 Å². The molecule has 1 saturated heterocycles. The fourth-order valence-corrected chi connectivity index (χ4v) is 4.04. The lowest BCUT2D eigenvalue weighted by molar-refractivity contribution is -0.0681. The second-order valence-corrected chi connectivity index (χ2v) is 6.84. The Morgan fingerprint density at radius 1 is 1.40 bits per heavy atom. The predicted octanol–water partition coefficient (Wildman–Crippen LogP) is 3.83. The van der Waals surface area contributed by atoms with Gasteiger partial charge in [0.05, 0.1) is 21.9 Å². The van der Waals surface area contributed by atoms with Gasteiger partial charge in [-0.25, -0.2) is 4.79 Å². The molecule has 1 atom stereocenters. The quantitative estimate of drug-likeness (QED) is 0.908. The average Bonchev–Trinajstić information content (AvgIpc) is 2.97. The van der Waals surface area contributed by atoms with Crippen molar-refractivity contribution >= 4 is 21.9 Å². The molecular formula is C15H20BrNO3. The van der Waals surface area contributed by atoms with Gasteiger partial charge < -0.3 is 14.4 Å². The molecule has 5 heteroatoms. The van der Waals surface area contributed by atoms with Gasteiger partial charge in [-0.05, 0) is 47.7 Å². The summed E-state index contributed by atoms with van der Waals surface area (Å²) in [6.07, 6.45) is 10.4. The number of aromatic nitrogens is 1. The second-order valence-electron chi connectivity index (χ2n) is 6.03. The van der Waals surface area contributed by atoms with Crippen molar-refractivity contribution in [2.45, 2.75) is 63.2 Å². The van der Waals surface area contributed by atoms with Gasteiger partial charge in [0.15, 0.2) is 0 Å². The maximum absolute atomic E-state index is 11.0. The van der Waals surface area contributed by atoms with E-state index in [0.717, 1.165) is 24.0 Å². The molecule has 3 rings (SSSR count). The van der Waals surface area contributed by atoms with Crippen molar-refractivity contribution in [3.8, 4) is 0 Å². The molecule has 1 saturated carbocycles. The van der Waals surface area contributed by atoms with Gasteiger partial charge in [0.2, 0.25) is 0 Å². The van der Waals surface area contributed by atoms with Crippen LogP contribution in [0.25, 0.3) is 0 Å². The molecule has 1 aliphatic carbocycles. The molecule has 110 valence electrons. The number of rotatable bonds is 3. The van der Waals surface area contributed by atoms with E-state index < -0.39 is 5.97 Å². The molecule has 1 spiro atoms. The van der Waals surface area contributed by atoms with Crippen LogP contribution in [0.4, 0.5) is 0 Å². The zero-order chi connectivity index (χ0) is 14.2. The molecule has 1 aromatic rings. The summed E-state index contributed by atoms with van der Waals surface area (Å²) in [6.45, 7) is 0.732. The number of carboxylic acids is 1. The number of hydrogen-bond acceptors (Lipinski definition) is 2. The Morgan fingerprint density at radius 2 is 2.15 bits per heavy atom. The smallest absolute Gasteiger partial charge is 0.337 e. The lowest BCUT2D eigenvalue weighted by Crippen LogP contribution is -2.32. The van der Waals surface area contributed by atoms with E-state index in [4.69, 9.17) is 9.84 Å². The minimum absolute atomic E-state index is 0.123. The summed E-state index contributed by atoms with van der Waals surface area (Å²) < 4.78 is 9.08. The van der Waals surface area contributed by atoms with Crippen molar-refractivity contribution < 1.29 is 14.6 Å². The van der Waals surface area contributed by atoms with E-state index in [-0.39, 0.29) is 11.7 Å². The number of hydrogen-bond donors (Lipinski definition) is 1. The lowest BCUT2D eigenvalue weighted by atomic mass is 9.83. The second kappa shape index (κ2) is 5.53. The van der Waals surface area contributed by atoms with E-state index in [9.17, 15) is 4.79 Å². The van der Waals surface area contributed by atoms with Gasteiger partial charge in [-0.2, -0.15) is 0 Å². The average molecular weight is 342 g/mol. The van der Waals surface area contributed by atoms with Gasteiger partial charge in [0.1, 0.15) is 0 Å². The molecule has 1 unspecified atom stereocenters. The molecule has 2 heterocycles. The molecule has 0 radical (unpaired) electrons. The van der Waals surface area contributed by atoms with Crippen LogP contribution in [0, 0.1) is 0 Å². The normalized spacial score (nSPS) is 25.1. The number of ether oxygens (including phenoxy) is 1. The molecule has 1 aromatic heterocycles. The van der Waals surface area contributed by atoms with E-state index in [2.05, 4.69) is 15.9 Å². The third-order valence-corrected chi connectivity index (χ3v) is 5.28. The van der Waals surface area contributed by atoms with Gasteiger partial charge in [0, 0.05) is 12.7 Å². The highest BCUT2D eigenvalue weighted by molar-refractivity contribution is 9.10. The first-order chi connectivity index (χ1) is 9.58. The number of nitrogens with zero attached hydrogens (tertiary/aromatic N) is 1. The van der Waals surface area contributed by atoms with Crippen LogP contribution >= 0.6 is 15.9 Å². The maximum Gasteiger partial charge on any atom is 0.337 e. The van der Waals surface area contributed by atoms with Crippen molar-refractivity contribution in [2.75, 3.05) is 0 Å². The number of carboxylic acid groups (broad SMARTS) is 1. The monoisotopic (exact) mass is 341 g/mol. The van der Waals surface area contributed by atoms with Crippen molar-refractivity contribution in [1.29, 1.82) is 0 Å². The SMILES string of the molecule is O=C(O)c1cc(Br)n(CC2CCC3(CCCCC3)O2)c1. The highest BCUT2D eigenvalue weighted by atomic mass is 79.9. The molecule has 2 fully saturated rings. The predicted molar refractivity (Wildman–Crippen MR) is 79.0 cm³/mol. The highest BCUT2D eigenvalue weighted by Crippen LogP contribution is 2.42. The van der Waals surface area contributed by atoms with Crippen LogP contribution in [0.2, 0.25) is 0 Å². The molecule has 1 aliphatic heterocycles. The molecule has 1 N–H and O–H groups in total. The van der Waals surface area contributed by atoms with E-state index in [1.54, 1.807) is 12.3 Å². The molecule has 0 amide bonds. The fraction of sp³-hybridized carbons (Fsp3) is 0.667. The summed E-state index contributed by atoms with van der Waals surface area (Å²) in [5.74, 6) is -0.888. The Balaban J connectivity index is 1.65. The largest absolute Gasteiger partial charge is 0.478 e. The first-order valence-corrected chi connectivity index (χ1v) is 8.14. The molecular weight excluding hydrogens is 322 g/mol. The number of aromatic carboxylic acids is 1. The molecule has 2 aliphatic rings. The van der Waals surface area contributed by atoms with Crippen LogP contribution in [0.15, 0.2) is 16.9 Å². The van der Waals surface area contributed by atoms with Crippen LogP contribution in [0.1, 0.15) is 55.3 Å². The van der Waals surface area contributed by atoms with Crippen LogP contribution in [0.5, 0.6) is 0 Å². The standard InChI is InChI=1S/C15H20BrNO3/c16-13-8-11(14(18)19)9-17(13)10-12-4-7-15(20-12)5-2-1-3-6-15/h8-9,12H,1-7,10H2,(H,18,19). The third-order valence-electron chi connectivity index (χ3n) is 4.59. The van der Waals surface area contributed by atoms with E-state index in [0.29, 0.717) is 5.56 Å². The van der Waals surface area contributed by atoms with Gasteiger partial charge in [-0.15, -0.1) is 0 Å². The Labute approximate surface area is 127 Å². The Morgan fingerprint density at radius 3 is 2.80 bits per heavy atom. The Bertz CT molecular complexity index is 505. The van der Waals surface area contributed by atoms with Crippen LogP contribution in [-0.4, -0.2) is 27.3 Å². The topological polar surface area (TPSA) is 51.5 Å². The van der Waals surface area contributed by atoms with Crippen molar-refractivity contribution in [1.82, 2.24) is 4.57 Å². The molecule has 4 nitrogen and oxygen atoms in total. The Kier molecular flexibility index (Phi) is 3.91. The van der Waals surface area contributed by atoms with E-state index in [1.807, 2.05) is 4.57 Å². The van der Waals surface area contributed by atoms with Crippen LogP contribution < -0.4 is 0 Å². The minimum atomic E-state index is -0.888. The summed E-state index contributed by atoms with van der Waals surface area (Å²) in [4.78, 5) is 11.0. The summed E-state index contributed by atoms with van der Waals surface area (Å²) in [7, 11) is 0. The Hall–Kier alpha value is -0.810. The van der Waals surface area contributed by atoms with E-state index in [1.165, 1.54) is 32.1 Å². The van der Waals surface area contributed by atoms with E-state index >= 15 is 0 Å². The van der Waals surface area contributed by atoms with Gasteiger partial charge in [0.25, 0.3) is 0 Å². The summed E-state index contributed by atoms with van der Waals surface area (Å²) in [5, 5.41) is 9.02. The first kappa shape index (κ1) is 14.1. The van der Waals surface area contributed by atoms with Gasteiger partial charge >= 0.3 is 5.97 Å². The summed E-state index contributed by atoms with van der Waals surface area (Å²) >= 11 is 3.42. The van der Waals surface area contributed by atoms with Gasteiger partial charge in [-0.1, -0.05) is 19.3 Å². The maximum atomic E-state index is 11.0. The van der Waals surface area contributed by atoms with Crippen LogP contribution in [0.3, 0.4) is 0 Å². The minimum Gasteiger partial charge on any atom is -0.478 e.